The van der Waals surface area contributed by atoms with Crippen LogP contribution in [0.5, 0.6) is 0 Å². The van der Waals surface area contributed by atoms with E-state index in [2.05, 4.69) is 35.3 Å². The summed E-state index contributed by atoms with van der Waals surface area (Å²) in [6.45, 7) is 5.49. The van der Waals surface area contributed by atoms with E-state index in [-0.39, 0.29) is 12.0 Å². The predicted molar refractivity (Wildman–Crippen MR) is 131 cm³/mol. The first kappa shape index (κ1) is 22.0. The molecule has 4 aromatic rings. The lowest BCUT2D eigenvalue weighted by molar-refractivity contribution is 0.0546. The van der Waals surface area contributed by atoms with Crippen molar-refractivity contribution in [1.82, 2.24) is 24.5 Å². The van der Waals surface area contributed by atoms with E-state index in [9.17, 15) is 9.90 Å². The minimum Gasteiger partial charge on any atom is -0.393 e. The summed E-state index contributed by atoms with van der Waals surface area (Å²) in [4.78, 5) is 23.6. The largest absolute Gasteiger partial charge is 0.393 e. The van der Waals surface area contributed by atoms with Crippen LogP contribution in [0.25, 0.3) is 16.8 Å². The third kappa shape index (κ3) is 4.49. The Hall–Kier alpha value is -3.78. The van der Waals surface area contributed by atoms with E-state index in [1.807, 2.05) is 41.2 Å². The molecular weight excluding hydrogens is 428 g/mol. The number of hydrogen-bond acceptors (Lipinski definition) is 6. The van der Waals surface area contributed by atoms with E-state index in [1.54, 1.807) is 23.2 Å². The lowest BCUT2D eigenvalue weighted by Gasteiger charge is -2.29. The summed E-state index contributed by atoms with van der Waals surface area (Å²) in [7, 11) is 0. The van der Waals surface area contributed by atoms with E-state index in [4.69, 9.17) is 4.98 Å². The first-order valence-electron chi connectivity index (χ1n) is 11.6. The number of amides is 1. The average Bonchev–Trinajstić information content (AvgIpc) is 3.28. The van der Waals surface area contributed by atoms with Gasteiger partial charge in [0.2, 0.25) is 5.95 Å². The zero-order valence-corrected chi connectivity index (χ0v) is 19.3. The average molecular weight is 457 g/mol. The van der Waals surface area contributed by atoms with Gasteiger partial charge in [0, 0.05) is 47.9 Å². The number of nitrogens with zero attached hydrogens (tertiary/aromatic N) is 5. The first-order chi connectivity index (χ1) is 16.5. The first-order valence-corrected chi connectivity index (χ1v) is 11.6. The fourth-order valence-electron chi connectivity index (χ4n) is 4.26. The lowest BCUT2D eigenvalue weighted by Crippen LogP contribution is -2.40. The number of aromatic nitrogens is 4. The summed E-state index contributed by atoms with van der Waals surface area (Å²) in [6, 6.07) is 13.3. The van der Waals surface area contributed by atoms with Gasteiger partial charge >= 0.3 is 0 Å². The number of benzene rings is 1. The van der Waals surface area contributed by atoms with Gasteiger partial charge in [0.05, 0.1) is 23.5 Å². The number of carbonyl (C=O) groups excluding carboxylic acids is 1. The van der Waals surface area contributed by atoms with E-state index < -0.39 is 0 Å². The van der Waals surface area contributed by atoms with Gasteiger partial charge in [-0.2, -0.15) is 5.10 Å². The highest BCUT2D eigenvalue weighted by molar-refractivity contribution is 5.94. The van der Waals surface area contributed by atoms with Crippen LogP contribution in [0.4, 0.5) is 11.6 Å². The molecule has 0 radical (unpaired) electrons. The van der Waals surface area contributed by atoms with Crippen LogP contribution in [0.1, 0.15) is 48.5 Å². The van der Waals surface area contributed by atoms with Crippen molar-refractivity contribution < 1.29 is 9.90 Å². The van der Waals surface area contributed by atoms with Crippen LogP contribution < -0.4 is 5.32 Å². The minimum atomic E-state index is -0.300. The van der Waals surface area contributed by atoms with Gasteiger partial charge in [0.15, 0.2) is 0 Å². The second-order valence-corrected chi connectivity index (χ2v) is 8.99. The van der Waals surface area contributed by atoms with Crippen molar-refractivity contribution in [3.63, 3.8) is 0 Å². The van der Waals surface area contributed by atoms with Gasteiger partial charge in [-0.05, 0) is 61.2 Å². The van der Waals surface area contributed by atoms with E-state index >= 15 is 0 Å². The Balaban J connectivity index is 1.32. The summed E-state index contributed by atoms with van der Waals surface area (Å²) in [5, 5.41) is 17.3. The Morgan fingerprint density at radius 2 is 1.88 bits per heavy atom. The summed E-state index contributed by atoms with van der Waals surface area (Å²) >= 11 is 0. The van der Waals surface area contributed by atoms with Gasteiger partial charge in [-0.1, -0.05) is 13.8 Å². The molecule has 1 aliphatic rings. The molecule has 0 saturated carbocycles. The van der Waals surface area contributed by atoms with E-state index in [0.29, 0.717) is 43.4 Å². The fraction of sp³-hybridized carbons (Fsp3) is 0.308. The monoisotopic (exact) mass is 456 g/mol. The Labute approximate surface area is 198 Å². The maximum absolute atomic E-state index is 12.7. The number of aliphatic hydroxyl groups is 1. The van der Waals surface area contributed by atoms with Crippen LogP contribution >= 0.6 is 0 Å². The number of hydrogen-bond donors (Lipinski definition) is 2. The van der Waals surface area contributed by atoms with Gasteiger partial charge in [-0.25, -0.2) is 14.5 Å². The number of aliphatic hydroxyl groups excluding tert-OH is 1. The third-order valence-electron chi connectivity index (χ3n) is 6.26. The molecule has 0 spiro atoms. The van der Waals surface area contributed by atoms with Crippen molar-refractivity contribution >= 4 is 23.1 Å². The number of piperidine rings is 1. The van der Waals surface area contributed by atoms with Crippen LogP contribution in [-0.4, -0.2) is 54.7 Å². The highest BCUT2D eigenvalue weighted by Gasteiger charge is 2.22. The number of fused-ring (bicyclic) bond motifs is 1. The topological polar surface area (TPSA) is 95.7 Å². The van der Waals surface area contributed by atoms with Gasteiger partial charge in [0.25, 0.3) is 5.91 Å². The molecule has 1 aromatic carbocycles. The van der Waals surface area contributed by atoms with Crippen molar-refractivity contribution in [3.05, 3.63) is 72.2 Å². The molecule has 0 bridgehead atoms. The molecule has 1 fully saturated rings. The fourth-order valence-corrected chi connectivity index (χ4v) is 4.26. The zero-order valence-electron chi connectivity index (χ0n) is 19.3. The van der Waals surface area contributed by atoms with Crippen LogP contribution in [0.2, 0.25) is 0 Å². The third-order valence-corrected chi connectivity index (χ3v) is 6.26. The molecule has 2 N–H and O–H groups in total. The van der Waals surface area contributed by atoms with Crippen LogP contribution in [0, 0.1) is 0 Å². The second-order valence-electron chi connectivity index (χ2n) is 8.99. The van der Waals surface area contributed by atoms with Crippen molar-refractivity contribution in [1.29, 1.82) is 0 Å². The molecule has 8 nitrogen and oxygen atoms in total. The van der Waals surface area contributed by atoms with Crippen LogP contribution in [-0.2, 0) is 0 Å². The van der Waals surface area contributed by atoms with Crippen molar-refractivity contribution in [3.8, 4) is 11.3 Å². The highest BCUT2D eigenvalue weighted by Crippen LogP contribution is 2.26. The molecule has 0 atom stereocenters. The van der Waals surface area contributed by atoms with E-state index in [0.717, 1.165) is 22.5 Å². The number of rotatable bonds is 5. The molecule has 4 heterocycles. The maximum atomic E-state index is 12.7. The number of pyridine rings is 1. The SMILES string of the molecule is CC(C)c1cnn2ccc(-c3ccnc(Nc4ccc(C(=O)N5CCC(O)CC5)cc4)n3)cc12. The number of likely N-dealkylation sites (tertiary alicyclic amines) is 1. The molecule has 1 aliphatic heterocycles. The number of carbonyl (C=O) groups is 1. The Kier molecular flexibility index (Phi) is 5.98. The maximum Gasteiger partial charge on any atom is 0.253 e. The molecule has 3 aromatic heterocycles. The minimum absolute atomic E-state index is 0.00673. The van der Waals surface area contributed by atoms with Crippen LogP contribution in [0.15, 0.2) is 61.1 Å². The Morgan fingerprint density at radius 3 is 2.62 bits per heavy atom. The molecule has 0 unspecified atom stereocenters. The summed E-state index contributed by atoms with van der Waals surface area (Å²) in [6.07, 6.45) is 6.56. The predicted octanol–water partition coefficient (Wildman–Crippen LogP) is 4.26. The Bertz CT molecular complexity index is 1310. The zero-order chi connectivity index (χ0) is 23.7. The van der Waals surface area contributed by atoms with Gasteiger partial charge in [0.1, 0.15) is 0 Å². The van der Waals surface area contributed by atoms with Crippen molar-refractivity contribution in [2.45, 2.75) is 38.7 Å². The molecule has 34 heavy (non-hydrogen) atoms. The van der Waals surface area contributed by atoms with Crippen molar-refractivity contribution in [2.24, 2.45) is 0 Å². The van der Waals surface area contributed by atoms with E-state index in [1.165, 1.54) is 5.56 Å². The van der Waals surface area contributed by atoms with Crippen molar-refractivity contribution in [2.75, 3.05) is 18.4 Å². The quantitative estimate of drug-likeness (QED) is 0.466. The second kappa shape index (κ2) is 9.23. The molecule has 8 heteroatoms. The van der Waals surface area contributed by atoms with Crippen LogP contribution in [0.3, 0.4) is 0 Å². The number of anilines is 2. The molecule has 0 aliphatic carbocycles. The number of nitrogens with one attached hydrogen (secondary N) is 1. The summed E-state index contributed by atoms with van der Waals surface area (Å²) in [5.41, 5.74) is 5.51. The molecule has 1 saturated heterocycles. The smallest absolute Gasteiger partial charge is 0.253 e. The molecular formula is C26H28N6O2. The molecule has 1 amide bonds. The van der Waals surface area contributed by atoms with Gasteiger partial charge in [-0.15, -0.1) is 0 Å². The standard InChI is InChI=1S/C26H28N6O2/c1-17(2)22-16-28-32-14-8-19(15-24(22)32)23-7-11-27-26(30-23)29-20-5-3-18(4-6-20)25(34)31-12-9-21(33)10-13-31/h3-8,11,14-17,21,33H,9-10,12-13H2,1-2H3,(H,27,29,30). The summed E-state index contributed by atoms with van der Waals surface area (Å²) < 4.78 is 1.88. The Morgan fingerprint density at radius 1 is 1.12 bits per heavy atom. The normalized spacial score (nSPS) is 14.6. The van der Waals surface area contributed by atoms with Gasteiger partial charge in [-0.3, -0.25) is 4.79 Å². The lowest BCUT2D eigenvalue weighted by atomic mass is 10.0. The molecule has 5 rings (SSSR count). The summed E-state index contributed by atoms with van der Waals surface area (Å²) in [5.74, 6) is 0.860. The van der Waals surface area contributed by atoms with Gasteiger partial charge < -0.3 is 15.3 Å². The highest BCUT2D eigenvalue weighted by atomic mass is 16.3. The molecule has 174 valence electrons.